The Morgan fingerprint density at radius 1 is 0.941 bits per heavy atom. The van der Waals surface area contributed by atoms with Crippen molar-refractivity contribution in [2.75, 3.05) is 18.0 Å². The molecule has 2 heteroatoms. The smallest absolute Gasteiger partial charge is 0.0366 e. The summed E-state index contributed by atoms with van der Waals surface area (Å²) in [4.78, 5) is 5.09. The van der Waals surface area contributed by atoms with Gasteiger partial charge in [-0.25, -0.2) is 0 Å². The third-order valence-electron chi connectivity index (χ3n) is 3.02. The predicted molar refractivity (Wildman–Crippen MR) is 78.1 cm³/mol. The highest BCUT2D eigenvalue weighted by atomic mass is 32.1. The van der Waals surface area contributed by atoms with E-state index in [9.17, 15) is 0 Å². The molecule has 1 heterocycles. The zero-order valence-electron chi connectivity index (χ0n) is 10.7. The number of aryl methyl sites for hydroxylation is 1. The second-order valence-corrected chi connectivity index (χ2v) is 5.42. The fourth-order valence-electron chi connectivity index (χ4n) is 2.01. The van der Waals surface area contributed by atoms with Crippen molar-refractivity contribution in [1.29, 1.82) is 0 Å². The number of benzene rings is 1. The highest BCUT2D eigenvalue weighted by Crippen LogP contribution is 2.29. The summed E-state index contributed by atoms with van der Waals surface area (Å²) in [7, 11) is 0. The van der Waals surface area contributed by atoms with E-state index in [1.165, 1.54) is 21.0 Å². The molecule has 0 fully saturated rings. The second kappa shape index (κ2) is 5.37. The van der Waals surface area contributed by atoms with Crippen LogP contribution in [0.25, 0.3) is 10.4 Å². The molecule has 0 spiro atoms. The van der Waals surface area contributed by atoms with E-state index in [4.69, 9.17) is 0 Å². The molecule has 0 aliphatic heterocycles. The van der Waals surface area contributed by atoms with E-state index in [2.05, 4.69) is 62.1 Å². The van der Waals surface area contributed by atoms with Gasteiger partial charge in [0.25, 0.3) is 0 Å². The Balaban J connectivity index is 2.23. The van der Waals surface area contributed by atoms with Crippen molar-refractivity contribution in [3.63, 3.8) is 0 Å². The lowest BCUT2D eigenvalue weighted by molar-refractivity contribution is 0.866. The number of anilines is 1. The van der Waals surface area contributed by atoms with Crippen molar-refractivity contribution in [3.05, 3.63) is 41.3 Å². The maximum Gasteiger partial charge on any atom is 0.0366 e. The van der Waals surface area contributed by atoms with E-state index in [0.29, 0.717) is 0 Å². The molecule has 1 aromatic carbocycles. The Hall–Kier alpha value is -1.28. The lowest BCUT2D eigenvalue weighted by Crippen LogP contribution is -2.21. The summed E-state index contributed by atoms with van der Waals surface area (Å²) in [6.07, 6.45) is 0. The molecule has 1 nitrogen and oxygen atoms in total. The van der Waals surface area contributed by atoms with Gasteiger partial charge in [0.15, 0.2) is 0 Å². The fourth-order valence-corrected chi connectivity index (χ4v) is 2.89. The maximum absolute atomic E-state index is 2.36. The number of rotatable bonds is 4. The molecule has 0 aliphatic rings. The number of hydrogen-bond donors (Lipinski definition) is 0. The molecule has 0 unspecified atom stereocenters. The third-order valence-corrected chi connectivity index (χ3v) is 4.07. The van der Waals surface area contributed by atoms with Crippen molar-refractivity contribution in [3.8, 4) is 10.4 Å². The molecule has 90 valence electrons. The second-order valence-electron chi connectivity index (χ2n) is 4.13. The molecule has 0 aliphatic carbocycles. The Morgan fingerprint density at radius 2 is 1.59 bits per heavy atom. The van der Waals surface area contributed by atoms with Crippen molar-refractivity contribution < 1.29 is 0 Å². The summed E-state index contributed by atoms with van der Waals surface area (Å²) in [6.45, 7) is 8.67. The van der Waals surface area contributed by atoms with Gasteiger partial charge in [-0.2, -0.15) is 0 Å². The Kier molecular flexibility index (Phi) is 3.85. The van der Waals surface area contributed by atoms with Gasteiger partial charge in [-0.1, -0.05) is 12.1 Å². The van der Waals surface area contributed by atoms with E-state index in [0.717, 1.165) is 13.1 Å². The molecule has 0 saturated carbocycles. The van der Waals surface area contributed by atoms with Gasteiger partial charge in [0.2, 0.25) is 0 Å². The van der Waals surface area contributed by atoms with Crippen LogP contribution >= 0.6 is 11.3 Å². The van der Waals surface area contributed by atoms with Crippen LogP contribution in [0.1, 0.15) is 18.7 Å². The molecule has 2 aromatic rings. The molecule has 17 heavy (non-hydrogen) atoms. The van der Waals surface area contributed by atoms with Gasteiger partial charge in [-0.05, 0) is 50.6 Å². The molecule has 0 atom stereocenters. The molecule has 0 bridgehead atoms. The van der Waals surface area contributed by atoms with Crippen LogP contribution in [0.5, 0.6) is 0 Å². The summed E-state index contributed by atoms with van der Waals surface area (Å²) in [5.74, 6) is 0. The highest BCUT2D eigenvalue weighted by Gasteiger charge is 2.03. The first-order chi connectivity index (χ1) is 8.24. The first-order valence-electron chi connectivity index (χ1n) is 6.16. The molecular formula is C15H19NS. The monoisotopic (exact) mass is 245 g/mol. The van der Waals surface area contributed by atoms with Crippen LogP contribution in [0.3, 0.4) is 0 Å². The summed E-state index contributed by atoms with van der Waals surface area (Å²) < 4.78 is 0. The lowest BCUT2D eigenvalue weighted by Gasteiger charge is -2.21. The van der Waals surface area contributed by atoms with Crippen LogP contribution in [0, 0.1) is 6.92 Å². The standard InChI is InChI=1S/C15H19NS/c1-4-16(5-2)14-9-7-13(8-10-14)15-11-6-12(3)17-15/h6-11H,4-5H2,1-3H3. The van der Waals surface area contributed by atoms with E-state index in [1.807, 2.05) is 11.3 Å². The summed E-state index contributed by atoms with van der Waals surface area (Å²) >= 11 is 1.85. The lowest BCUT2D eigenvalue weighted by atomic mass is 10.1. The summed E-state index contributed by atoms with van der Waals surface area (Å²) in [5.41, 5.74) is 2.63. The van der Waals surface area contributed by atoms with Crippen LogP contribution in [0.15, 0.2) is 36.4 Å². The van der Waals surface area contributed by atoms with Crippen molar-refractivity contribution in [1.82, 2.24) is 0 Å². The fraction of sp³-hybridized carbons (Fsp3) is 0.333. The molecule has 0 radical (unpaired) electrons. The van der Waals surface area contributed by atoms with E-state index < -0.39 is 0 Å². The number of hydrogen-bond acceptors (Lipinski definition) is 2. The van der Waals surface area contributed by atoms with Gasteiger partial charge in [0, 0.05) is 28.5 Å². The Morgan fingerprint density at radius 3 is 2.06 bits per heavy atom. The predicted octanol–water partition coefficient (Wildman–Crippen LogP) is 4.57. The highest BCUT2D eigenvalue weighted by molar-refractivity contribution is 7.15. The van der Waals surface area contributed by atoms with Crippen molar-refractivity contribution in [2.24, 2.45) is 0 Å². The quantitative estimate of drug-likeness (QED) is 0.762. The minimum absolute atomic E-state index is 1.06. The topological polar surface area (TPSA) is 3.24 Å². The van der Waals surface area contributed by atoms with Crippen molar-refractivity contribution >= 4 is 17.0 Å². The normalized spacial score (nSPS) is 10.5. The van der Waals surface area contributed by atoms with Gasteiger partial charge in [0.05, 0.1) is 0 Å². The van der Waals surface area contributed by atoms with Gasteiger partial charge in [0.1, 0.15) is 0 Å². The zero-order valence-corrected chi connectivity index (χ0v) is 11.6. The Bertz CT molecular complexity index is 466. The molecule has 0 saturated heterocycles. The molecule has 1 aromatic heterocycles. The summed E-state index contributed by atoms with van der Waals surface area (Å²) in [6, 6.07) is 13.3. The van der Waals surface area contributed by atoms with E-state index in [-0.39, 0.29) is 0 Å². The largest absolute Gasteiger partial charge is 0.372 e. The van der Waals surface area contributed by atoms with Crippen LogP contribution in [0.4, 0.5) is 5.69 Å². The third kappa shape index (κ3) is 2.70. The first-order valence-corrected chi connectivity index (χ1v) is 6.98. The van der Waals surface area contributed by atoms with Crippen LogP contribution < -0.4 is 4.90 Å². The molecule has 2 rings (SSSR count). The van der Waals surface area contributed by atoms with Gasteiger partial charge in [-0.3, -0.25) is 0 Å². The van der Waals surface area contributed by atoms with Crippen LogP contribution in [-0.2, 0) is 0 Å². The summed E-state index contributed by atoms with van der Waals surface area (Å²) in [5, 5.41) is 0. The van der Waals surface area contributed by atoms with Gasteiger partial charge < -0.3 is 4.90 Å². The van der Waals surface area contributed by atoms with E-state index in [1.54, 1.807) is 0 Å². The molecule has 0 amide bonds. The Labute approximate surface area is 108 Å². The van der Waals surface area contributed by atoms with Crippen LogP contribution in [-0.4, -0.2) is 13.1 Å². The minimum atomic E-state index is 1.06. The number of nitrogens with zero attached hydrogens (tertiary/aromatic N) is 1. The average molecular weight is 245 g/mol. The van der Waals surface area contributed by atoms with E-state index >= 15 is 0 Å². The zero-order chi connectivity index (χ0) is 12.3. The molecule has 0 N–H and O–H groups in total. The number of thiophene rings is 1. The van der Waals surface area contributed by atoms with Gasteiger partial charge >= 0.3 is 0 Å². The SMILES string of the molecule is CCN(CC)c1ccc(-c2ccc(C)s2)cc1. The maximum atomic E-state index is 2.36. The van der Waals surface area contributed by atoms with Crippen molar-refractivity contribution in [2.45, 2.75) is 20.8 Å². The van der Waals surface area contributed by atoms with Gasteiger partial charge in [-0.15, -0.1) is 11.3 Å². The average Bonchev–Trinajstić information content (AvgIpc) is 2.78. The molecular weight excluding hydrogens is 226 g/mol. The first kappa shape index (κ1) is 12.2. The minimum Gasteiger partial charge on any atom is -0.372 e. The van der Waals surface area contributed by atoms with Crippen LogP contribution in [0.2, 0.25) is 0 Å².